The number of anilines is 1. The second kappa shape index (κ2) is 7.48. The van der Waals surface area contributed by atoms with Crippen LogP contribution in [0.15, 0.2) is 24.3 Å². The fourth-order valence-corrected chi connectivity index (χ4v) is 3.67. The second-order valence-electron chi connectivity index (χ2n) is 9.31. The number of benzene rings is 1. The van der Waals surface area contributed by atoms with E-state index in [0.29, 0.717) is 44.8 Å². The molecule has 2 fully saturated rings. The number of carbonyl (C=O) groups is 2. The van der Waals surface area contributed by atoms with E-state index in [-0.39, 0.29) is 17.2 Å². The third-order valence-corrected chi connectivity index (χ3v) is 5.74. The summed E-state index contributed by atoms with van der Waals surface area (Å²) in [6.07, 6.45) is 1.29. The first-order valence-corrected chi connectivity index (χ1v) is 10.0. The summed E-state index contributed by atoms with van der Waals surface area (Å²) in [6, 6.07) is 7.79. The molecule has 0 bridgehead atoms. The van der Waals surface area contributed by atoms with E-state index in [1.807, 2.05) is 24.3 Å². The van der Waals surface area contributed by atoms with Gasteiger partial charge in [0.15, 0.2) is 5.79 Å². The summed E-state index contributed by atoms with van der Waals surface area (Å²) in [6.45, 7) is 12.1. The van der Waals surface area contributed by atoms with Crippen molar-refractivity contribution < 1.29 is 19.1 Å². The number of nitrogens with one attached hydrogen (secondary N) is 1. The maximum atomic E-state index is 13.0. The highest BCUT2D eigenvalue weighted by atomic mass is 16.7. The third-order valence-electron chi connectivity index (χ3n) is 5.74. The van der Waals surface area contributed by atoms with Crippen molar-refractivity contribution in [2.24, 2.45) is 5.41 Å². The van der Waals surface area contributed by atoms with Gasteiger partial charge in [0, 0.05) is 31.6 Å². The number of hydrogen-bond donors (Lipinski definition) is 1. The van der Waals surface area contributed by atoms with Crippen molar-refractivity contribution in [3.63, 3.8) is 0 Å². The highest BCUT2D eigenvalue weighted by Gasteiger charge is 2.45. The van der Waals surface area contributed by atoms with Gasteiger partial charge < -0.3 is 19.7 Å². The first-order chi connectivity index (χ1) is 13.0. The molecule has 1 aromatic carbocycles. The zero-order chi connectivity index (χ0) is 20.6. The Morgan fingerprint density at radius 2 is 1.50 bits per heavy atom. The number of amides is 2. The molecule has 0 atom stereocenters. The molecule has 2 heterocycles. The first kappa shape index (κ1) is 20.8. The molecule has 28 heavy (non-hydrogen) atoms. The zero-order valence-electron chi connectivity index (χ0n) is 17.6. The molecule has 0 unspecified atom stereocenters. The summed E-state index contributed by atoms with van der Waals surface area (Å²) < 4.78 is 11.4. The molecule has 2 aliphatic heterocycles. The van der Waals surface area contributed by atoms with Gasteiger partial charge in [0.25, 0.3) is 0 Å². The molecule has 1 N–H and O–H groups in total. The lowest BCUT2D eigenvalue weighted by molar-refractivity contribution is -0.189. The third kappa shape index (κ3) is 4.23. The van der Waals surface area contributed by atoms with E-state index >= 15 is 0 Å². The highest BCUT2D eigenvalue weighted by Crippen LogP contribution is 2.33. The van der Waals surface area contributed by atoms with Crippen LogP contribution in [-0.4, -0.2) is 48.8 Å². The quantitative estimate of drug-likeness (QED) is 0.807. The lowest BCUT2D eigenvalue weighted by Crippen LogP contribution is -2.53. The van der Waals surface area contributed by atoms with Gasteiger partial charge >= 0.3 is 0 Å². The molecule has 6 heteroatoms. The summed E-state index contributed by atoms with van der Waals surface area (Å²) in [5.74, 6) is -0.989. The average Bonchev–Trinajstić information content (AvgIpc) is 3.09. The van der Waals surface area contributed by atoms with Gasteiger partial charge in [-0.3, -0.25) is 9.59 Å². The summed E-state index contributed by atoms with van der Waals surface area (Å²) in [5, 5.41) is 2.89. The van der Waals surface area contributed by atoms with Gasteiger partial charge in [-0.2, -0.15) is 0 Å². The Morgan fingerprint density at radius 1 is 0.964 bits per heavy atom. The molecule has 154 valence electrons. The van der Waals surface area contributed by atoms with Crippen LogP contribution in [0.25, 0.3) is 0 Å². The minimum atomic E-state index is -1.15. The Labute approximate surface area is 167 Å². The van der Waals surface area contributed by atoms with Crippen LogP contribution in [0.2, 0.25) is 0 Å². The van der Waals surface area contributed by atoms with Crippen molar-refractivity contribution >= 4 is 17.5 Å². The summed E-state index contributed by atoms with van der Waals surface area (Å²) in [5.41, 5.74) is 0.796. The van der Waals surface area contributed by atoms with Gasteiger partial charge in [-0.25, -0.2) is 0 Å². The number of piperidine rings is 1. The standard InChI is InChI=1S/C22H32N2O4/c1-20(2,3)16-6-8-17(9-7-16)23-18(25)21(4,5)19(26)24-12-10-22(11-13-24)27-14-15-28-22/h6-9H,10-15H2,1-5H3,(H,23,25). The van der Waals surface area contributed by atoms with Crippen LogP contribution in [0, 0.1) is 5.41 Å². The van der Waals surface area contributed by atoms with E-state index in [2.05, 4.69) is 26.1 Å². The normalized spacial score (nSPS) is 19.7. The molecule has 2 amide bonds. The van der Waals surface area contributed by atoms with Gasteiger partial charge in [-0.05, 0) is 37.0 Å². The van der Waals surface area contributed by atoms with Crippen molar-refractivity contribution in [3.8, 4) is 0 Å². The highest BCUT2D eigenvalue weighted by molar-refractivity contribution is 6.09. The van der Waals surface area contributed by atoms with Crippen LogP contribution in [0.3, 0.4) is 0 Å². The minimum Gasteiger partial charge on any atom is -0.347 e. The molecule has 0 radical (unpaired) electrons. The van der Waals surface area contributed by atoms with Gasteiger partial charge in [-0.15, -0.1) is 0 Å². The topological polar surface area (TPSA) is 67.9 Å². The van der Waals surface area contributed by atoms with Crippen molar-refractivity contribution in [2.75, 3.05) is 31.6 Å². The molecule has 0 aliphatic carbocycles. The largest absolute Gasteiger partial charge is 0.347 e. The predicted octanol–water partition coefficient (Wildman–Crippen LogP) is 3.31. The number of hydrogen-bond acceptors (Lipinski definition) is 4. The molecule has 0 saturated carbocycles. The van der Waals surface area contributed by atoms with E-state index in [4.69, 9.17) is 9.47 Å². The first-order valence-electron chi connectivity index (χ1n) is 10.0. The van der Waals surface area contributed by atoms with E-state index in [9.17, 15) is 9.59 Å². The van der Waals surface area contributed by atoms with Crippen LogP contribution in [0.4, 0.5) is 5.69 Å². The average molecular weight is 389 g/mol. The van der Waals surface area contributed by atoms with Crippen LogP contribution >= 0.6 is 0 Å². The van der Waals surface area contributed by atoms with Gasteiger partial charge in [0.1, 0.15) is 5.41 Å². The fourth-order valence-electron chi connectivity index (χ4n) is 3.67. The van der Waals surface area contributed by atoms with E-state index < -0.39 is 11.2 Å². The molecule has 1 aromatic rings. The number of rotatable bonds is 3. The Bertz CT molecular complexity index is 718. The molecular formula is C22H32N2O4. The van der Waals surface area contributed by atoms with Crippen LogP contribution in [0.1, 0.15) is 53.0 Å². The lowest BCUT2D eigenvalue weighted by Gasteiger charge is -2.40. The monoisotopic (exact) mass is 388 g/mol. The van der Waals surface area contributed by atoms with Gasteiger partial charge in [-0.1, -0.05) is 32.9 Å². The Morgan fingerprint density at radius 3 is 2.00 bits per heavy atom. The van der Waals surface area contributed by atoms with E-state index in [0.717, 1.165) is 0 Å². The maximum Gasteiger partial charge on any atom is 0.239 e. The minimum absolute atomic E-state index is 0.0517. The SMILES string of the molecule is CC(C)(C(=O)Nc1ccc(C(C)(C)C)cc1)C(=O)N1CCC2(CC1)OCCO2. The fraction of sp³-hybridized carbons (Fsp3) is 0.636. The molecule has 2 aliphatic rings. The number of ether oxygens (including phenoxy) is 2. The van der Waals surface area contributed by atoms with Crippen molar-refractivity contribution in [1.82, 2.24) is 4.90 Å². The molecular weight excluding hydrogens is 356 g/mol. The van der Waals surface area contributed by atoms with Crippen LogP contribution < -0.4 is 5.32 Å². The van der Waals surface area contributed by atoms with Crippen molar-refractivity contribution in [3.05, 3.63) is 29.8 Å². The summed E-state index contributed by atoms with van der Waals surface area (Å²) >= 11 is 0. The molecule has 1 spiro atoms. The predicted molar refractivity (Wildman–Crippen MR) is 108 cm³/mol. The summed E-state index contributed by atoms with van der Waals surface area (Å²) in [4.78, 5) is 27.6. The molecule has 6 nitrogen and oxygen atoms in total. The van der Waals surface area contributed by atoms with Crippen LogP contribution in [0.5, 0.6) is 0 Å². The summed E-state index contributed by atoms with van der Waals surface area (Å²) in [7, 11) is 0. The number of nitrogens with zero attached hydrogens (tertiary/aromatic N) is 1. The molecule has 0 aromatic heterocycles. The lowest BCUT2D eigenvalue weighted by atomic mass is 9.87. The van der Waals surface area contributed by atoms with Gasteiger partial charge in [0.05, 0.1) is 13.2 Å². The smallest absolute Gasteiger partial charge is 0.239 e. The zero-order valence-corrected chi connectivity index (χ0v) is 17.6. The number of likely N-dealkylation sites (tertiary alicyclic amines) is 1. The second-order valence-corrected chi connectivity index (χ2v) is 9.31. The number of carbonyl (C=O) groups excluding carboxylic acids is 2. The van der Waals surface area contributed by atoms with E-state index in [1.165, 1.54) is 5.56 Å². The van der Waals surface area contributed by atoms with Gasteiger partial charge in [0.2, 0.25) is 11.8 Å². The Hall–Kier alpha value is -1.92. The molecule has 2 saturated heterocycles. The Balaban J connectivity index is 1.61. The molecule has 3 rings (SSSR count). The Kier molecular flexibility index (Phi) is 5.56. The van der Waals surface area contributed by atoms with E-state index in [1.54, 1.807) is 18.7 Å². The van der Waals surface area contributed by atoms with Crippen molar-refractivity contribution in [2.45, 2.75) is 58.7 Å². The van der Waals surface area contributed by atoms with Crippen LogP contribution in [-0.2, 0) is 24.5 Å². The maximum absolute atomic E-state index is 13.0. The van der Waals surface area contributed by atoms with Crippen molar-refractivity contribution in [1.29, 1.82) is 0 Å².